The maximum Gasteiger partial charge on any atom is 0.251 e. The first-order chi connectivity index (χ1) is 11.5. The van der Waals surface area contributed by atoms with Crippen molar-refractivity contribution in [3.8, 4) is 10.7 Å². The number of rotatable bonds is 4. The van der Waals surface area contributed by atoms with Crippen LogP contribution in [-0.2, 0) is 0 Å². The number of nitrogens with one attached hydrogen (secondary N) is 1. The van der Waals surface area contributed by atoms with Crippen LogP contribution in [0.15, 0.2) is 46.6 Å². The molecular weight excluding hydrogens is 412 g/mol. The summed E-state index contributed by atoms with van der Waals surface area (Å²) in [4.78, 5) is 25.5. The Kier molecular flexibility index (Phi) is 5.23. The molecule has 1 aromatic carbocycles. The highest BCUT2D eigenvalue weighted by molar-refractivity contribution is 9.10. The number of halogens is 2. The van der Waals surface area contributed by atoms with E-state index in [1.54, 1.807) is 36.8 Å². The van der Waals surface area contributed by atoms with Gasteiger partial charge in [0.05, 0.1) is 11.7 Å². The molecule has 122 valence electrons. The second-order valence-electron chi connectivity index (χ2n) is 4.98. The van der Waals surface area contributed by atoms with Gasteiger partial charge in [-0.2, -0.15) is 0 Å². The van der Waals surface area contributed by atoms with E-state index >= 15 is 0 Å². The molecule has 3 aromatic rings. The number of carbonyl (C=O) groups excluding carboxylic acids is 1. The largest absolute Gasteiger partial charge is 0.344 e. The SMILES string of the molecule is CC(NC(=O)c1cc(Cl)cc(Br)c1)c1nccnc1-c1nccs1. The van der Waals surface area contributed by atoms with Crippen LogP contribution >= 0.6 is 38.9 Å². The van der Waals surface area contributed by atoms with Gasteiger partial charge in [0.25, 0.3) is 5.91 Å². The molecule has 1 unspecified atom stereocenters. The van der Waals surface area contributed by atoms with Gasteiger partial charge in [-0.3, -0.25) is 14.8 Å². The summed E-state index contributed by atoms with van der Waals surface area (Å²) in [6.45, 7) is 1.86. The van der Waals surface area contributed by atoms with Crippen molar-refractivity contribution in [2.75, 3.05) is 0 Å². The molecule has 8 heteroatoms. The predicted octanol–water partition coefficient (Wildman–Crippen LogP) is 4.51. The van der Waals surface area contributed by atoms with Crippen molar-refractivity contribution in [1.29, 1.82) is 0 Å². The highest BCUT2D eigenvalue weighted by Gasteiger charge is 2.19. The molecule has 5 nitrogen and oxygen atoms in total. The quantitative estimate of drug-likeness (QED) is 0.670. The molecule has 0 aliphatic heterocycles. The number of hydrogen-bond donors (Lipinski definition) is 1. The molecule has 0 bridgehead atoms. The van der Waals surface area contributed by atoms with Gasteiger partial charge in [0.15, 0.2) is 0 Å². The summed E-state index contributed by atoms with van der Waals surface area (Å²) in [5.74, 6) is -0.235. The maximum absolute atomic E-state index is 12.5. The summed E-state index contributed by atoms with van der Waals surface area (Å²) in [7, 11) is 0. The van der Waals surface area contributed by atoms with Gasteiger partial charge in [0, 0.05) is 39.0 Å². The second-order valence-corrected chi connectivity index (χ2v) is 7.23. The molecule has 0 aliphatic rings. The van der Waals surface area contributed by atoms with Gasteiger partial charge in [0.1, 0.15) is 10.7 Å². The summed E-state index contributed by atoms with van der Waals surface area (Å²) < 4.78 is 0.746. The van der Waals surface area contributed by atoms with E-state index in [-0.39, 0.29) is 11.9 Å². The van der Waals surface area contributed by atoms with Gasteiger partial charge in [0.2, 0.25) is 0 Å². The van der Waals surface area contributed by atoms with Crippen molar-refractivity contribution in [1.82, 2.24) is 20.3 Å². The van der Waals surface area contributed by atoms with Crippen LogP contribution < -0.4 is 5.32 Å². The van der Waals surface area contributed by atoms with E-state index in [0.29, 0.717) is 22.0 Å². The molecule has 0 fully saturated rings. The number of aromatic nitrogens is 3. The van der Waals surface area contributed by atoms with Gasteiger partial charge in [-0.05, 0) is 25.1 Å². The lowest BCUT2D eigenvalue weighted by atomic mass is 10.1. The van der Waals surface area contributed by atoms with E-state index in [4.69, 9.17) is 11.6 Å². The summed E-state index contributed by atoms with van der Waals surface area (Å²) in [5.41, 5.74) is 1.82. The topological polar surface area (TPSA) is 67.8 Å². The summed E-state index contributed by atoms with van der Waals surface area (Å²) in [5, 5.41) is 6.06. The van der Waals surface area contributed by atoms with Crippen molar-refractivity contribution in [3.05, 3.63) is 62.9 Å². The highest BCUT2D eigenvalue weighted by Crippen LogP contribution is 2.26. The molecule has 1 atom stereocenters. The molecule has 0 aliphatic carbocycles. The zero-order valence-electron chi connectivity index (χ0n) is 12.5. The number of nitrogens with zero attached hydrogens (tertiary/aromatic N) is 3. The second kappa shape index (κ2) is 7.38. The van der Waals surface area contributed by atoms with E-state index in [9.17, 15) is 4.79 Å². The monoisotopic (exact) mass is 422 g/mol. The van der Waals surface area contributed by atoms with E-state index in [1.807, 2.05) is 12.3 Å². The average Bonchev–Trinajstić information content (AvgIpc) is 3.08. The smallest absolute Gasteiger partial charge is 0.251 e. The molecule has 0 saturated heterocycles. The van der Waals surface area contributed by atoms with Gasteiger partial charge in [-0.15, -0.1) is 11.3 Å². The first-order valence-electron chi connectivity index (χ1n) is 7.02. The van der Waals surface area contributed by atoms with Gasteiger partial charge in [-0.25, -0.2) is 4.98 Å². The average molecular weight is 424 g/mol. The number of benzene rings is 1. The Bertz CT molecular complexity index is 852. The lowest BCUT2D eigenvalue weighted by Gasteiger charge is -2.15. The Morgan fingerprint density at radius 1 is 1.21 bits per heavy atom. The lowest BCUT2D eigenvalue weighted by molar-refractivity contribution is 0.0939. The van der Waals surface area contributed by atoms with Gasteiger partial charge >= 0.3 is 0 Å². The van der Waals surface area contributed by atoms with Crippen LogP contribution in [0.1, 0.15) is 29.0 Å². The third-order valence-electron chi connectivity index (χ3n) is 3.24. The van der Waals surface area contributed by atoms with E-state index in [0.717, 1.165) is 9.48 Å². The summed E-state index contributed by atoms with van der Waals surface area (Å²) in [6, 6.07) is 4.73. The Morgan fingerprint density at radius 3 is 2.71 bits per heavy atom. The molecular formula is C16H12BrClN4OS. The van der Waals surface area contributed by atoms with Crippen LogP contribution in [0.5, 0.6) is 0 Å². The van der Waals surface area contributed by atoms with Crippen LogP contribution in [0.2, 0.25) is 5.02 Å². The third-order valence-corrected chi connectivity index (χ3v) is 4.70. The van der Waals surface area contributed by atoms with Crippen LogP contribution in [-0.4, -0.2) is 20.9 Å². The van der Waals surface area contributed by atoms with Gasteiger partial charge in [-0.1, -0.05) is 27.5 Å². The number of thiazole rings is 1. The highest BCUT2D eigenvalue weighted by atomic mass is 79.9. The minimum absolute atomic E-state index is 0.235. The molecule has 2 aromatic heterocycles. The normalized spacial score (nSPS) is 12.0. The summed E-state index contributed by atoms with van der Waals surface area (Å²) in [6.07, 6.45) is 4.93. The summed E-state index contributed by atoms with van der Waals surface area (Å²) >= 11 is 10.8. The first-order valence-corrected chi connectivity index (χ1v) is 9.07. The maximum atomic E-state index is 12.5. The molecule has 0 radical (unpaired) electrons. The molecule has 24 heavy (non-hydrogen) atoms. The number of carbonyl (C=O) groups is 1. The Hall–Kier alpha value is -1.83. The fourth-order valence-corrected chi connectivity index (χ4v) is 3.71. The van der Waals surface area contributed by atoms with Crippen LogP contribution in [0.4, 0.5) is 0 Å². The molecule has 0 spiro atoms. The zero-order valence-corrected chi connectivity index (χ0v) is 15.7. The van der Waals surface area contributed by atoms with E-state index in [2.05, 4.69) is 36.2 Å². The predicted molar refractivity (Wildman–Crippen MR) is 98.2 cm³/mol. The molecule has 0 saturated carbocycles. The van der Waals surface area contributed by atoms with Crippen LogP contribution in [0.3, 0.4) is 0 Å². The van der Waals surface area contributed by atoms with Crippen molar-refractivity contribution >= 4 is 44.8 Å². The van der Waals surface area contributed by atoms with E-state index in [1.165, 1.54) is 11.3 Å². The fourth-order valence-electron chi connectivity index (χ4n) is 2.20. The molecule has 1 N–H and O–H groups in total. The molecule has 3 rings (SSSR count). The lowest BCUT2D eigenvalue weighted by Crippen LogP contribution is -2.27. The molecule has 2 heterocycles. The van der Waals surface area contributed by atoms with Crippen molar-refractivity contribution in [3.63, 3.8) is 0 Å². The van der Waals surface area contributed by atoms with Crippen LogP contribution in [0, 0.1) is 0 Å². The van der Waals surface area contributed by atoms with Crippen molar-refractivity contribution in [2.24, 2.45) is 0 Å². The third kappa shape index (κ3) is 3.80. The Labute approximate surface area is 156 Å². The minimum atomic E-state index is -0.331. The van der Waals surface area contributed by atoms with E-state index < -0.39 is 0 Å². The van der Waals surface area contributed by atoms with Crippen molar-refractivity contribution < 1.29 is 4.79 Å². The van der Waals surface area contributed by atoms with Gasteiger partial charge < -0.3 is 5.32 Å². The van der Waals surface area contributed by atoms with Crippen LogP contribution in [0.25, 0.3) is 10.7 Å². The Balaban J connectivity index is 1.85. The number of amides is 1. The fraction of sp³-hybridized carbons (Fsp3) is 0.125. The first kappa shape index (κ1) is 17.0. The zero-order chi connectivity index (χ0) is 17.1. The number of hydrogen-bond acceptors (Lipinski definition) is 5. The van der Waals surface area contributed by atoms with Crippen molar-refractivity contribution in [2.45, 2.75) is 13.0 Å². The Morgan fingerprint density at radius 2 is 2.00 bits per heavy atom. The standard InChI is InChI=1S/C16H12BrClN4OS/c1-9(22-15(23)10-6-11(17)8-12(18)7-10)13-14(20-3-2-19-13)16-21-4-5-24-16/h2-9H,1H3,(H,22,23). The minimum Gasteiger partial charge on any atom is -0.344 e. The molecule has 1 amide bonds.